The topological polar surface area (TPSA) is 67.2 Å². The summed E-state index contributed by atoms with van der Waals surface area (Å²) in [6.07, 6.45) is 0.775. The van der Waals surface area contributed by atoms with Crippen LogP contribution in [0.1, 0.15) is 19.8 Å². The zero-order valence-corrected chi connectivity index (χ0v) is 7.45. The second-order valence-corrected chi connectivity index (χ2v) is 2.97. The normalized spacial score (nSPS) is 26.9. The molecule has 0 saturated heterocycles. The van der Waals surface area contributed by atoms with E-state index in [1.54, 1.807) is 6.92 Å². The average Bonchev–Trinajstić information content (AvgIpc) is 2.47. The number of carbonyl (C=O) groups is 2. The molecule has 4 nitrogen and oxygen atoms in total. The summed E-state index contributed by atoms with van der Waals surface area (Å²) in [7, 11) is 0. The van der Waals surface area contributed by atoms with Crippen molar-refractivity contribution >= 4 is 11.8 Å². The largest absolute Gasteiger partial charge is 0.466 e. The van der Waals surface area contributed by atoms with Crippen molar-refractivity contribution in [3.63, 3.8) is 0 Å². The van der Waals surface area contributed by atoms with Crippen LogP contribution in [-0.4, -0.2) is 18.4 Å². The molecule has 0 aliphatic heterocycles. The highest BCUT2D eigenvalue weighted by Gasteiger charge is 2.40. The van der Waals surface area contributed by atoms with E-state index in [1.165, 1.54) is 0 Å². The third-order valence-electron chi connectivity index (χ3n) is 2.18. The van der Waals surface area contributed by atoms with E-state index in [0.29, 0.717) is 19.4 Å². The van der Waals surface area contributed by atoms with Crippen molar-refractivity contribution in [3.05, 3.63) is 0 Å². The number of nitriles is 1. The summed E-state index contributed by atoms with van der Waals surface area (Å²) >= 11 is 0. The maximum Gasteiger partial charge on any atom is 0.310 e. The van der Waals surface area contributed by atoms with Crippen LogP contribution in [0.15, 0.2) is 0 Å². The minimum atomic E-state index is -0.779. The monoisotopic (exact) mass is 181 g/mol. The van der Waals surface area contributed by atoms with Gasteiger partial charge in [0, 0.05) is 6.42 Å². The van der Waals surface area contributed by atoms with Gasteiger partial charge in [-0.3, -0.25) is 9.59 Å². The summed E-state index contributed by atoms with van der Waals surface area (Å²) in [6.45, 7) is 2.00. The Morgan fingerprint density at radius 2 is 2.46 bits per heavy atom. The fourth-order valence-corrected chi connectivity index (χ4v) is 1.51. The van der Waals surface area contributed by atoms with Crippen molar-refractivity contribution in [2.45, 2.75) is 19.8 Å². The Morgan fingerprint density at radius 1 is 1.77 bits per heavy atom. The van der Waals surface area contributed by atoms with Gasteiger partial charge in [-0.2, -0.15) is 5.26 Å². The molecule has 13 heavy (non-hydrogen) atoms. The van der Waals surface area contributed by atoms with Crippen LogP contribution in [0.4, 0.5) is 0 Å². The molecule has 0 amide bonds. The summed E-state index contributed by atoms with van der Waals surface area (Å²) in [6, 6.07) is 1.85. The lowest BCUT2D eigenvalue weighted by molar-refractivity contribution is -0.149. The van der Waals surface area contributed by atoms with Gasteiger partial charge in [0.2, 0.25) is 0 Å². The van der Waals surface area contributed by atoms with Crippen LogP contribution in [0.5, 0.6) is 0 Å². The van der Waals surface area contributed by atoms with Gasteiger partial charge >= 0.3 is 5.97 Å². The molecule has 2 atom stereocenters. The molecule has 0 aromatic rings. The van der Waals surface area contributed by atoms with Crippen molar-refractivity contribution in [3.8, 4) is 6.07 Å². The number of nitrogens with zero attached hydrogens (tertiary/aromatic N) is 1. The molecule has 4 heteroatoms. The zero-order valence-electron chi connectivity index (χ0n) is 7.45. The van der Waals surface area contributed by atoms with E-state index in [1.807, 2.05) is 6.07 Å². The van der Waals surface area contributed by atoms with Gasteiger partial charge in [0.15, 0.2) is 5.78 Å². The summed E-state index contributed by atoms with van der Waals surface area (Å²) in [5.74, 6) is -1.86. The molecule has 0 N–H and O–H groups in total. The van der Waals surface area contributed by atoms with E-state index < -0.39 is 17.8 Å². The molecule has 70 valence electrons. The smallest absolute Gasteiger partial charge is 0.310 e. The molecule has 0 radical (unpaired) electrons. The Morgan fingerprint density at radius 3 is 3.00 bits per heavy atom. The van der Waals surface area contributed by atoms with Gasteiger partial charge in [0.05, 0.1) is 18.6 Å². The Bertz CT molecular complexity index is 267. The molecule has 0 aromatic carbocycles. The average molecular weight is 181 g/mol. The minimum absolute atomic E-state index is 0.138. The van der Waals surface area contributed by atoms with Crippen molar-refractivity contribution in [2.75, 3.05) is 6.61 Å². The predicted octanol–water partition coefficient (Wildman–Crippen LogP) is 0.668. The number of hydrogen-bond donors (Lipinski definition) is 0. The van der Waals surface area contributed by atoms with Gasteiger partial charge in [-0.25, -0.2) is 0 Å². The number of Topliss-reactive ketones (excluding diaryl/α,β-unsaturated/α-hetero) is 1. The van der Waals surface area contributed by atoms with Crippen LogP contribution in [0, 0.1) is 23.2 Å². The fraction of sp³-hybridized carbons (Fsp3) is 0.667. The third-order valence-corrected chi connectivity index (χ3v) is 2.18. The van der Waals surface area contributed by atoms with Gasteiger partial charge in [-0.1, -0.05) is 0 Å². The van der Waals surface area contributed by atoms with E-state index in [0.717, 1.165) is 0 Å². The second-order valence-electron chi connectivity index (χ2n) is 2.97. The maximum atomic E-state index is 11.2. The Labute approximate surface area is 76.5 Å². The standard InChI is InChI=1S/C9H11NO3/c1-2-13-9(12)6-3-4-8(11)7(6)5-10/h6-7H,2-4H2,1H3/t6-,7+/m1/s1. The van der Waals surface area contributed by atoms with Crippen LogP contribution in [0.3, 0.4) is 0 Å². The van der Waals surface area contributed by atoms with Crippen LogP contribution >= 0.6 is 0 Å². The summed E-state index contributed by atoms with van der Waals surface area (Å²) in [5, 5.41) is 8.65. The second kappa shape index (κ2) is 4.04. The van der Waals surface area contributed by atoms with Gasteiger partial charge in [-0.05, 0) is 13.3 Å². The minimum Gasteiger partial charge on any atom is -0.466 e. The van der Waals surface area contributed by atoms with Crippen LogP contribution in [0.25, 0.3) is 0 Å². The highest BCUT2D eigenvalue weighted by atomic mass is 16.5. The van der Waals surface area contributed by atoms with E-state index in [2.05, 4.69) is 0 Å². The van der Waals surface area contributed by atoms with E-state index in [4.69, 9.17) is 10.00 Å². The van der Waals surface area contributed by atoms with Crippen LogP contribution in [-0.2, 0) is 14.3 Å². The van der Waals surface area contributed by atoms with Crippen LogP contribution in [0.2, 0.25) is 0 Å². The molecule has 1 saturated carbocycles. The lowest BCUT2D eigenvalue weighted by atomic mass is 9.97. The number of hydrogen-bond acceptors (Lipinski definition) is 4. The quantitative estimate of drug-likeness (QED) is 0.587. The molecular weight excluding hydrogens is 170 g/mol. The first-order valence-corrected chi connectivity index (χ1v) is 4.29. The van der Waals surface area contributed by atoms with Gasteiger partial charge in [0.1, 0.15) is 5.92 Å². The number of carbonyl (C=O) groups excluding carboxylic acids is 2. The number of ether oxygens (including phenoxy) is 1. The SMILES string of the molecule is CCOC(=O)[C@@H]1CCC(=O)[C@H]1C#N. The molecular formula is C9H11NO3. The first kappa shape index (κ1) is 9.72. The lowest BCUT2D eigenvalue weighted by Gasteiger charge is -2.09. The van der Waals surface area contributed by atoms with Crippen LogP contribution < -0.4 is 0 Å². The highest BCUT2D eigenvalue weighted by Crippen LogP contribution is 2.29. The van der Waals surface area contributed by atoms with E-state index in [9.17, 15) is 9.59 Å². The molecule has 1 rings (SSSR count). The third kappa shape index (κ3) is 1.86. The Kier molecular flexibility index (Phi) is 3.02. The van der Waals surface area contributed by atoms with Crippen molar-refractivity contribution in [2.24, 2.45) is 11.8 Å². The first-order chi connectivity index (χ1) is 6.20. The molecule has 1 aliphatic carbocycles. The molecule has 0 bridgehead atoms. The van der Waals surface area contributed by atoms with Gasteiger partial charge < -0.3 is 4.74 Å². The number of ketones is 1. The number of rotatable bonds is 2. The van der Waals surface area contributed by atoms with Gasteiger partial charge in [-0.15, -0.1) is 0 Å². The fourth-order valence-electron chi connectivity index (χ4n) is 1.51. The van der Waals surface area contributed by atoms with Crippen molar-refractivity contribution in [1.29, 1.82) is 5.26 Å². The molecule has 1 fully saturated rings. The highest BCUT2D eigenvalue weighted by molar-refractivity contribution is 5.92. The molecule has 0 aromatic heterocycles. The molecule has 0 unspecified atom stereocenters. The zero-order chi connectivity index (χ0) is 9.84. The van der Waals surface area contributed by atoms with Crippen molar-refractivity contribution in [1.82, 2.24) is 0 Å². The molecule has 0 heterocycles. The summed E-state index contributed by atoms with van der Waals surface area (Å²) < 4.78 is 4.76. The lowest BCUT2D eigenvalue weighted by Crippen LogP contribution is -2.23. The predicted molar refractivity (Wildman–Crippen MR) is 43.5 cm³/mol. The van der Waals surface area contributed by atoms with E-state index in [-0.39, 0.29) is 5.78 Å². The van der Waals surface area contributed by atoms with Crippen molar-refractivity contribution < 1.29 is 14.3 Å². The molecule has 1 aliphatic rings. The number of esters is 1. The van der Waals surface area contributed by atoms with Gasteiger partial charge in [0.25, 0.3) is 0 Å². The maximum absolute atomic E-state index is 11.2. The molecule has 0 spiro atoms. The first-order valence-electron chi connectivity index (χ1n) is 4.29. The van der Waals surface area contributed by atoms with E-state index >= 15 is 0 Å². The summed E-state index contributed by atoms with van der Waals surface area (Å²) in [4.78, 5) is 22.3. The summed E-state index contributed by atoms with van der Waals surface area (Å²) in [5.41, 5.74) is 0. The Hall–Kier alpha value is -1.37. The Balaban J connectivity index is 2.66.